The maximum absolute atomic E-state index is 11.8. The van der Waals surface area contributed by atoms with Crippen LogP contribution in [0.1, 0.15) is 19.4 Å². The van der Waals surface area contributed by atoms with E-state index in [0.29, 0.717) is 11.4 Å². The molecule has 0 fully saturated rings. The van der Waals surface area contributed by atoms with E-state index in [9.17, 15) is 9.59 Å². The van der Waals surface area contributed by atoms with Crippen molar-refractivity contribution < 1.29 is 9.59 Å². The number of carbonyl (C=O) groups excluding carboxylic acids is 2. The van der Waals surface area contributed by atoms with Crippen molar-refractivity contribution in [3.05, 3.63) is 42.7 Å². The lowest BCUT2D eigenvalue weighted by Gasteiger charge is -2.05. The largest absolute Gasteiger partial charge is 0.350 e. The van der Waals surface area contributed by atoms with Crippen molar-refractivity contribution >= 4 is 50.4 Å². The number of hydrogen-bond donors (Lipinski definition) is 2. The molecule has 0 saturated heterocycles. The van der Waals surface area contributed by atoms with Crippen molar-refractivity contribution in [3.8, 4) is 0 Å². The molecule has 0 aliphatic heterocycles. The molecule has 7 heteroatoms. The van der Waals surface area contributed by atoms with Crippen molar-refractivity contribution in [2.75, 3.05) is 6.54 Å². The number of thiophene rings is 2. The van der Waals surface area contributed by atoms with Gasteiger partial charge in [0.2, 0.25) is 5.91 Å². The van der Waals surface area contributed by atoms with Crippen molar-refractivity contribution in [1.29, 1.82) is 0 Å². The lowest BCUT2D eigenvalue weighted by Crippen LogP contribution is -2.36. The van der Waals surface area contributed by atoms with Gasteiger partial charge < -0.3 is 10.6 Å². The average Bonchev–Trinajstić information content (AvgIpc) is 3.02. The van der Waals surface area contributed by atoms with Crippen LogP contribution in [0.5, 0.6) is 0 Å². The molecule has 2 heterocycles. The summed E-state index contributed by atoms with van der Waals surface area (Å²) in [4.78, 5) is 26.1. The summed E-state index contributed by atoms with van der Waals surface area (Å²) in [5, 5.41) is 7.33. The lowest BCUT2D eigenvalue weighted by atomic mass is 10.4. The second-order valence-corrected chi connectivity index (χ2v) is 7.30. The van der Waals surface area contributed by atoms with Gasteiger partial charge in [-0.25, -0.2) is 0 Å². The van der Waals surface area contributed by atoms with Crippen LogP contribution in [0, 0.1) is 6.92 Å². The molecule has 2 aromatic heterocycles. The summed E-state index contributed by atoms with van der Waals surface area (Å²) in [7, 11) is 0. The Labute approximate surface area is 133 Å². The summed E-state index contributed by atoms with van der Waals surface area (Å²) in [5.74, 6) is -0.409. The summed E-state index contributed by atoms with van der Waals surface area (Å²) in [6.45, 7) is 2.40. The first-order valence-electron chi connectivity index (χ1n) is 5.89. The number of amides is 2. The highest BCUT2D eigenvalue weighted by Gasteiger charge is 2.09. The van der Waals surface area contributed by atoms with E-state index < -0.39 is 0 Å². The Kier molecular flexibility index (Phi) is 5.33. The molecule has 0 aliphatic carbocycles. The van der Waals surface area contributed by atoms with Crippen molar-refractivity contribution in [2.24, 2.45) is 0 Å². The van der Waals surface area contributed by atoms with Crippen LogP contribution in [0.2, 0.25) is 0 Å². The van der Waals surface area contributed by atoms with Crippen molar-refractivity contribution in [2.45, 2.75) is 13.5 Å². The first-order chi connectivity index (χ1) is 9.54. The van der Waals surface area contributed by atoms with Crippen LogP contribution in [-0.4, -0.2) is 18.4 Å². The zero-order valence-corrected chi connectivity index (χ0v) is 14.0. The highest BCUT2D eigenvalue weighted by Crippen LogP contribution is 2.19. The number of carbonyl (C=O) groups is 2. The molecular weight excluding hydrogens is 360 g/mol. The van der Waals surface area contributed by atoms with Crippen LogP contribution in [0.3, 0.4) is 0 Å². The first-order valence-corrected chi connectivity index (χ1v) is 8.38. The fraction of sp³-hybridized carbons (Fsp3) is 0.231. The van der Waals surface area contributed by atoms with E-state index in [1.807, 2.05) is 24.4 Å². The average molecular weight is 373 g/mol. The molecule has 0 aliphatic rings. The first kappa shape index (κ1) is 15.2. The molecule has 20 heavy (non-hydrogen) atoms. The molecule has 0 spiro atoms. The summed E-state index contributed by atoms with van der Waals surface area (Å²) in [5.41, 5.74) is 0. The number of halogens is 1. The second kappa shape index (κ2) is 7.01. The molecule has 0 radical (unpaired) electrons. The molecule has 0 bridgehead atoms. The summed E-state index contributed by atoms with van der Waals surface area (Å²) < 4.78 is 1.01. The minimum Gasteiger partial charge on any atom is -0.350 e. The van der Waals surface area contributed by atoms with E-state index in [1.54, 1.807) is 17.4 Å². The van der Waals surface area contributed by atoms with Gasteiger partial charge in [-0.2, -0.15) is 0 Å². The zero-order valence-electron chi connectivity index (χ0n) is 10.7. The minimum absolute atomic E-state index is 0.0116. The van der Waals surface area contributed by atoms with Crippen LogP contribution in [0.25, 0.3) is 0 Å². The molecule has 4 nitrogen and oxygen atoms in total. The summed E-state index contributed by atoms with van der Waals surface area (Å²) in [6.07, 6.45) is 0. The second-order valence-electron chi connectivity index (χ2n) is 4.10. The fourth-order valence-corrected chi connectivity index (χ4v) is 3.67. The molecule has 0 unspecified atom stereocenters. The van der Waals surface area contributed by atoms with Gasteiger partial charge in [0.15, 0.2) is 0 Å². The molecule has 2 N–H and O–H groups in total. The van der Waals surface area contributed by atoms with Gasteiger partial charge in [-0.1, -0.05) is 0 Å². The van der Waals surface area contributed by atoms with E-state index in [-0.39, 0.29) is 18.4 Å². The van der Waals surface area contributed by atoms with Crippen molar-refractivity contribution in [1.82, 2.24) is 10.6 Å². The highest BCUT2D eigenvalue weighted by atomic mass is 79.9. The summed E-state index contributed by atoms with van der Waals surface area (Å²) in [6, 6.07) is 5.60. The number of aryl methyl sites for hydroxylation is 1. The Morgan fingerprint density at radius 3 is 2.70 bits per heavy atom. The zero-order chi connectivity index (χ0) is 14.5. The molecule has 0 aromatic carbocycles. The van der Waals surface area contributed by atoms with E-state index in [1.165, 1.54) is 11.3 Å². The van der Waals surface area contributed by atoms with Gasteiger partial charge >= 0.3 is 0 Å². The van der Waals surface area contributed by atoms with E-state index in [2.05, 4.69) is 26.6 Å². The van der Waals surface area contributed by atoms with E-state index in [4.69, 9.17) is 0 Å². The smallest absolute Gasteiger partial charge is 0.261 e. The third-order valence-electron chi connectivity index (χ3n) is 2.46. The topological polar surface area (TPSA) is 58.2 Å². The van der Waals surface area contributed by atoms with Crippen LogP contribution in [0.4, 0.5) is 0 Å². The molecule has 0 atom stereocenters. The minimum atomic E-state index is -0.211. The standard InChI is InChI=1S/C13H13BrN2O2S2/c1-8-2-3-11(20-8)13(18)16-6-12(17)15-5-10-4-9(14)7-19-10/h2-4,7H,5-6H2,1H3,(H,15,17)(H,16,18). The third kappa shape index (κ3) is 4.43. The Balaban J connectivity index is 1.73. The molecular formula is C13H13BrN2O2S2. The maximum atomic E-state index is 11.8. The SMILES string of the molecule is Cc1ccc(C(=O)NCC(=O)NCc2cc(Br)cs2)s1. The molecule has 2 rings (SSSR count). The molecule has 106 valence electrons. The predicted molar refractivity (Wildman–Crippen MR) is 85.3 cm³/mol. The Bertz CT molecular complexity index is 621. The molecule has 0 saturated carbocycles. The lowest BCUT2D eigenvalue weighted by molar-refractivity contribution is -0.120. The van der Waals surface area contributed by atoms with Gasteiger partial charge in [-0.05, 0) is 41.1 Å². The van der Waals surface area contributed by atoms with Gasteiger partial charge in [-0.15, -0.1) is 22.7 Å². The Morgan fingerprint density at radius 1 is 1.30 bits per heavy atom. The van der Waals surface area contributed by atoms with Gasteiger partial charge in [0.25, 0.3) is 5.91 Å². The van der Waals surface area contributed by atoms with E-state index in [0.717, 1.165) is 14.2 Å². The molecule has 2 aromatic rings. The van der Waals surface area contributed by atoms with Gasteiger partial charge in [-0.3, -0.25) is 9.59 Å². The maximum Gasteiger partial charge on any atom is 0.261 e. The number of hydrogen-bond acceptors (Lipinski definition) is 4. The van der Waals surface area contributed by atoms with E-state index >= 15 is 0 Å². The quantitative estimate of drug-likeness (QED) is 0.847. The van der Waals surface area contributed by atoms with Gasteiger partial charge in [0.05, 0.1) is 18.0 Å². The van der Waals surface area contributed by atoms with Crippen LogP contribution in [-0.2, 0) is 11.3 Å². The molecule has 2 amide bonds. The normalized spacial score (nSPS) is 10.3. The Hall–Kier alpha value is -1.18. The van der Waals surface area contributed by atoms with Crippen LogP contribution >= 0.6 is 38.6 Å². The fourth-order valence-electron chi connectivity index (χ4n) is 1.50. The highest BCUT2D eigenvalue weighted by molar-refractivity contribution is 9.10. The van der Waals surface area contributed by atoms with Crippen LogP contribution < -0.4 is 10.6 Å². The third-order valence-corrected chi connectivity index (χ3v) is 5.15. The van der Waals surface area contributed by atoms with Crippen LogP contribution in [0.15, 0.2) is 28.1 Å². The number of rotatable bonds is 5. The Morgan fingerprint density at radius 2 is 2.10 bits per heavy atom. The monoisotopic (exact) mass is 372 g/mol. The number of nitrogens with one attached hydrogen (secondary N) is 2. The van der Waals surface area contributed by atoms with Gasteiger partial charge in [0.1, 0.15) is 0 Å². The van der Waals surface area contributed by atoms with Gasteiger partial charge in [0, 0.05) is 19.6 Å². The predicted octanol–water partition coefficient (Wildman–Crippen LogP) is 2.93. The van der Waals surface area contributed by atoms with Crippen molar-refractivity contribution in [3.63, 3.8) is 0 Å². The summed E-state index contributed by atoms with van der Waals surface area (Å²) >= 11 is 6.34.